The molecule has 0 radical (unpaired) electrons. The SMILES string of the molecule is Nc1ccc(S(=O)(=O)NCC2CCCCS2)cc1[N+](=O)[O-]. The summed E-state index contributed by atoms with van der Waals surface area (Å²) in [5, 5.41) is 11.1. The van der Waals surface area contributed by atoms with Crippen LogP contribution < -0.4 is 10.5 Å². The number of nitrogens with two attached hydrogens (primary N) is 1. The first-order chi connectivity index (χ1) is 9.90. The van der Waals surface area contributed by atoms with Crippen molar-refractivity contribution in [1.82, 2.24) is 4.72 Å². The zero-order chi connectivity index (χ0) is 15.5. The molecule has 9 heteroatoms. The van der Waals surface area contributed by atoms with Crippen molar-refractivity contribution in [1.29, 1.82) is 0 Å². The number of hydrogen-bond acceptors (Lipinski definition) is 6. The molecule has 1 aromatic carbocycles. The Morgan fingerprint density at radius 1 is 1.43 bits per heavy atom. The molecule has 0 bridgehead atoms. The van der Waals surface area contributed by atoms with E-state index in [0.717, 1.165) is 31.1 Å². The van der Waals surface area contributed by atoms with Crippen molar-refractivity contribution >= 4 is 33.2 Å². The molecule has 1 aliphatic heterocycles. The Bertz CT molecular complexity index is 627. The summed E-state index contributed by atoms with van der Waals surface area (Å²) < 4.78 is 26.9. The third-order valence-corrected chi connectivity index (χ3v) is 6.10. The molecule has 1 saturated heterocycles. The Labute approximate surface area is 127 Å². The highest BCUT2D eigenvalue weighted by Gasteiger charge is 2.22. The molecule has 0 amide bonds. The van der Waals surface area contributed by atoms with Crippen LogP contribution in [0.15, 0.2) is 23.1 Å². The van der Waals surface area contributed by atoms with E-state index in [-0.39, 0.29) is 15.8 Å². The van der Waals surface area contributed by atoms with Gasteiger partial charge in [-0.15, -0.1) is 0 Å². The lowest BCUT2D eigenvalue weighted by Crippen LogP contribution is -2.32. The van der Waals surface area contributed by atoms with Gasteiger partial charge in [0.05, 0.1) is 9.82 Å². The molecule has 1 fully saturated rings. The molecule has 21 heavy (non-hydrogen) atoms. The van der Waals surface area contributed by atoms with Gasteiger partial charge in [0.15, 0.2) is 0 Å². The topological polar surface area (TPSA) is 115 Å². The lowest BCUT2D eigenvalue weighted by atomic mass is 10.2. The summed E-state index contributed by atoms with van der Waals surface area (Å²) in [4.78, 5) is 9.99. The maximum Gasteiger partial charge on any atom is 0.293 e. The summed E-state index contributed by atoms with van der Waals surface area (Å²) in [5.74, 6) is 1.04. The lowest BCUT2D eigenvalue weighted by molar-refractivity contribution is -0.384. The van der Waals surface area contributed by atoms with Crippen molar-refractivity contribution < 1.29 is 13.3 Å². The van der Waals surface area contributed by atoms with Crippen LogP contribution in [0.25, 0.3) is 0 Å². The molecule has 1 atom stereocenters. The molecule has 2 rings (SSSR count). The Morgan fingerprint density at radius 3 is 2.81 bits per heavy atom. The second-order valence-corrected chi connectivity index (χ2v) is 7.99. The van der Waals surface area contributed by atoms with Crippen LogP contribution in [0.2, 0.25) is 0 Å². The van der Waals surface area contributed by atoms with E-state index in [9.17, 15) is 18.5 Å². The van der Waals surface area contributed by atoms with E-state index in [1.807, 2.05) is 0 Å². The number of thioether (sulfide) groups is 1. The molecular formula is C12H17N3O4S2. The quantitative estimate of drug-likeness (QED) is 0.482. The highest BCUT2D eigenvalue weighted by Crippen LogP contribution is 2.26. The van der Waals surface area contributed by atoms with Crippen molar-refractivity contribution in [3.63, 3.8) is 0 Å². The summed E-state index contributed by atoms with van der Waals surface area (Å²) in [7, 11) is -3.76. The second kappa shape index (κ2) is 6.63. The van der Waals surface area contributed by atoms with Gasteiger partial charge in [0.25, 0.3) is 5.69 Å². The van der Waals surface area contributed by atoms with Crippen LogP contribution in [0, 0.1) is 10.1 Å². The van der Waals surface area contributed by atoms with Gasteiger partial charge in [0.2, 0.25) is 10.0 Å². The number of sulfonamides is 1. The van der Waals surface area contributed by atoms with Crippen LogP contribution in [-0.4, -0.2) is 30.9 Å². The molecule has 0 saturated carbocycles. The number of nitrogens with zero attached hydrogens (tertiary/aromatic N) is 1. The molecule has 1 aromatic rings. The molecule has 0 aliphatic carbocycles. The number of anilines is 1. The van der Waals surface area contributed by atoms with Gasteiger partial charge in [-0.3, -0.25) is 10.1 Å². The van der Waals surface area contributed by atoms with Crippen molar-refractivity contribution in [2.24, 2.45) is 0 Å². The van der Waals surface area contributed by atoms with E-state index in [1.165, 1.54) is 12.1 Å². The van der Waals surface area contributed by atoms with Crippen LogP contribution in [0.1, 0.15) is 19.3 Å². The predicted molar refractivity (Wildman–Crippen MR) is 82.8 cm³/mol. The molecule has 7 nitrogen and oxygen atoms in total. The fraction of sp³-hybridized carbons (Fsp3) is 0.500. The molecule has 1 heterocycles. The normalized spacial score (nSPS) is 19.3. The number of rotatable bonds is 5. The average Bonchev–Trinajstić information content (AvgIpc) is 2.46. The Hall–Kier alpha value is -1.32. The molecule has 3 N–H and O–H groups in total. The fourth-order valence-electron chi connectivity index (χ4n) is 2.10. The lowest BCUT2D eigenvalue weighted by Gasteiger charge is -2.21. The summed E-state index contributed by atoms with van der Waals surface area (Å²) in [6.07, 6.45) is 3.25. The highest BCUT2D eigenvalue weighted by molar-refractivity contribution is 8.00. The first kappa shape index (κ1) is 16.1. The summed E-state index contributed by atoms with van der Waals surface area (Å²) in [6.45, 7) is 0.338. The zero-order valence-corrected chi connectivity index (χ0v) is 13.0. The Balaban J connectivity index is 2.11. The van der Waals surface area contributed by atoms with Crippen LogP contribution in [0.5, 0.6) is 0 Å². The maximum atomic E-state index is 12.2. The van der Waals surface area contributed by atoms with E-state index in [1.54, 1.807) is 11.8 Å². The largest absolute Gasteiger partial charge is 0.393 e. The third-order valence-electron chi connectivity index (χ3n) is 3.28. The minimum Gasteiger partial charge on any atom is -0.393 e. The van der Waals surface area contributed by atoms with Crippen molar-refractivity contribution in [3.05, 3.63) is 28.3 Å². The molecule has 1 unspecified atom stereocenters. The van der Waals surface area contributed by atoms with Gasteiger partial charge in [-0.05, 0) is 30.7 Å². The minimum atomic E-state index is -3.76. The number of nitro benzene ring substituents is 1. The smallest absolute Gasteiger partial charge is 0.293 e. The molecule has 0 spiro atoms. The van der Waals surface area contributed by atoms with Gasteiger partial charge in [0.1, 0.15) is 5.69 Å². The second-order valence-electron chi connectivity index (χ2n) is 4.82. The number of benzene rings is 1. The molecule has 1 aliphatic rings. The summed E-state index contributed by atoms with van der Waals surface area (Å²) in [5.41, 5.74) is 5.01. The van der Waals surface area contributed by atoms with E-state index >= 15 is 0 Å². The van der Waals surface area contributed by atoms with E-state index < -0.39 is 20.6 Å². The van der Waals surface area contributed by atoms with Crippen LogP contribution in [-0.2, 0) is 10.0 Å². The first-order valence-electron chi connectivity index (χ1n) is 6.55. The highest BCUT2D eigenvalue weighted by atomic mass is 32.2. The van der Waals surface area contributed by atoms with Crippen molar-refractivity contribution in [3.8, 4) is 0 Å². The number of hydrogen-bond donors (Lipinski definition) is 2. The minimum absolute atomic E-state index is 0.0539. The van der Waals surface area contributed by atoms with Gasteiger partial charge in [-0.2, -0.15) is 11.8 Å². The summed E-state index contributed by atoms with van der Waals surface area (Å²) in [6, 6.07) is 3.51. The maximum absolute atomic E-state index is 12.2. The van der Waals surface area contributed by atoms with Crippen LogP contribution in [0.3, 0.4) is 0 Å². The molecular weight excluding hydrogens is 314 g/mol. The number of nitrogens with one attached hydrogen (secondary N) is 1. The van der Waals surface area contributed by atoms with Gasteiger partial charge in [0, 0.05) is 17.9 Å². The number of nitro groups is 1. The van der Waals surface area contributed by atoms with Gasteiger partial charge >= 0.3 is 0 Å². The van der Waals surface area contributed by atoms with Crippen LogP contribution in [0.4, 0.5) is 11.4 Å². The summed E-state index contributed by atoms with van der Waals surface area (Å²) >= 11 is 1.75. The third kappa shape index (κ3) is 4.08. The average molecular weight is 331 g/mol. The van der Waals surface area contributed by atoms with Gasteiger partial charge in [-0.25, -0.2) is 13.1 Å². The van der Waals surface area contributed by atoms with E-state index in [4.69, 9.17) is 5.73 Å². The zero-order valence-electron chi connectivity index (χ0n) is 11.3. The van der Waals surface area contributed by atoms with E-state index in [0.29, 0.717) is 6.54 Å². The molecule has 0 aromatic heterocycles. The predicted octanol–water partition coefficient (Wildman–Crippen LogP) is 1.74. The Kier molecular flexibility index (Phi) is 5.07. The Morgan fingerprint density at radius 2 is 2.19 bits per heavy atom. The van der Waals surface area contributed by atoms with Gasteiger partial charge < -0.3 is 5.73 Å². The fourth-order valence-corrected chi connectivity index (χ4v) is 4.55. The van der Waals surface area contributed by atoms with E-state index in [2.05, 4.69) is 4.72 Å². The monoisotopic (exact) mass is 331 g/mol. The number of nitrogen functional groups attached to an aromatic ring is 1. The standard InChI is InChI=1S/C12H17N3O4S2/c13-11-5-4-10(7-12(11)15(16)17)21(18,19)14-8-9-3-1-2-6-20-9/h4-5,7,9,14H,1-3,6,8,13H2. The van der Waals surface area contributed by atoms with Crippen LogP contribution >= 0.6 is 11.8 Å². The van der Waals surface area contributed by atoms with Crippen molar-refractivity contribution in [2.75, 3.05) is 18.0 Å². The van der Waals surface area contributed by atoms with Gasteiger partial charge in [-0.1, -0.05) is 6.42 Å². The molecule has 116 valence electrons. The van der Waals surface area contributed by atoms with Crippen molar-refractivity contribution in [2.45, 2.75) is 29.4 Å². The first-order valence-corrected chi connectivity index (χ1v) is 9.08.